The molecule has 108 valence electrons. The van der Waals surface area contributed by atoms with E-state index in [0.717, 1.165) is 35.5 Å². The van der Waals surface area contributed by atoms with Gasteiger partial charge in [0.25, 0.3) is 5.91 Å². The summed E-state index contributed by atoms with van der Waals surface area (Å²) >= 11 is 0. The molecule has 2 aliphatic rings. The molecule has 0 saturated heterocycles. The number of hydrogen-bond donors (Lipinski definition) is 1. The van der Waals surface area contributed by atoms with Crippen molar-refractivity contribution < 1.29 is 4.79 Å². The van der Waals surface area contributed by atoms with Crippen molar-refractivity contribution in [3.63, 3.8) is 0 Å². The first kappa shape index (κ1) is 12.6. The van der Waals surface area contributed by atoms with Gasteiger partial charge in [-0.25, -0.2) is 9.67 Å². The zero-order chi connectivity index (χ0) is 14.8. The highest BCUT2D eigenvalue weighted by Crippen LogP contribution is 2.59. The zero-order valence-corrected chi connectivity index (χ0v) is 12.3. The number of carbonyl (C=O) groups is 1. The van der Waals surface area contributed by atoms with Crippen LogP contribution in [0.1, 0.15) is 40.7 Å². The lowest BCUT2D eigenvalue weighted by Gasteiger charge is -2.19. The number of pyridine rings is 1. The minimum atomic E-state index is -0.443. The maximum absolute atomic E-state index is 11.7. The van der Waals surface area contributed by atoms with Gasteiger partial charge in [0, 0.05) is 11.8 Å². The van der Waals surface area contributed by atoms with Gasteiger partial charge in [-0.05, 0) is 55.2 Å². The van der Waals surface area contributed by atoms with E-state index in [1.165, 1.54) is 6.42 Å². The number of amides is 1. The van der Waals surface area contributed by atoms with Crippen molar-refractivity contribution in [2.75, 3.05) is 0 Å². The minimum absolute atomic E-state index is 0.365. The first-order valence-corrected chi connectivity index (χ1v) is 7.31. The van der Waals surface area contributed by atoms with Crippen LogP contribution in [0.2, 0.25) is 0 Å². The Morgan fingerprint density at radius 2 is 2.33 bits per heavy atom. The van der Waals surface area contributed by atoms with E-state index in [-0.39, 0.29) is 0 Å². The van der Waals surface area contributed by atoms with Gasteiger partial charge in [0.05, 0.1) is 5.69 Å². The van der Waals surface area contributed by atoms with Crippen LogP contribution in [0.4, 0.5) is 0 Å². The summed E-state index contributed by atoms with van der Waals surface area (Å²) in [4.78, 5) is 16.1. The number of primary amides is 1. The molecule has 0 radical (unpaired) electrons. The van der Waals surface area contributed by atoms with Gasteiger partial charge in [-0.2, -0.15) is 5.10 Å². The van der Waals surface area contributed by atoms with E-state index >= 15 is 0 Å². The van der Waals surface area contributed by atoms with E-state index in [9.17, 15) is 4.79 Å². The third-order valence-electron chi connectivity index (χ3n) is 5.00. The van der Waals surface area contributed by atoms with Gasteiger partial charge in [-0.15, -0.1) is 0 Å². The highest BCUT2D eigenvalue weighted by atomic mass is 16.1. The largest absolute Gasteiger partial charge is 0.364 e. The summed E-state index contributed by atoms with van der Waals surface area (Å²) in [5.41, 5.74) is 9.56. The highest BCUT2D eigenvalue weighted by Gasteiger charge is 2.54. The first-order valence-electron chi connectivity index (χ1n) is 7.31. The molecule has 4 rings (SSSR count). The van der Waals surface area contributed by atoms with Crippen molar-refractivity contribution >= 4 is 5.91 Å². The SMILES string of the molecule is Cc1ccnc(-n2nc(C(N)=O)c3c2CC2(C)CC2C3)c1. The van der Waals surface area contributed by atoms with Crippen LogP contribution in [0.25, 0.3) is 5.82 Å². The fourth-order valence-electron chi connectivity index (χ4n) is 3.57. The van der Waals surface area contributed by atoms with E-state index in [4.69, 9.17) is 5.73 Å². The van der Waals surface area contributed by atoms with Gasteiger partial charge in [-0.3, -0.25) is 4.79 Å². The van der Waals surface area contributed by atoms with Gasteiger partial charge in [0.2, 0.25) is 0 Å². The summed E-state index contributed by atoms with van der Waals surface area (Å²) in [6, 6.07) is 3.94. The molecule has 0 aliphatic heterocycles. The number of aryl methyl sites for hydroxylation is 1. The Morgan fingerprint density at radius 1 is 1.52 bits per heavy atom. The number of aromatic nitrogens is 3. The predicted molar refractivity (Wildman–Crippen MR) is 78.2 cm³/mol. The summed E-state index contributed by atoms with van der Waals surface area (Å²) in [5, 5.41) is 4.47. The summed E-state index contributed by atoms with van der Waals surface area (Å²) in [6.45, 7) is 4.33. The number of fused-ring (bicyclic) bond motifs is 2. The normalized spacial score (nSPS) is 26.1. The van der Waals surface area contributed by atoms with Gasteiger partial charge < -0.3 is 5.73 Å². The number of nitrogens with zero attached hydrogens (tertiary/aromatic N) is 3. The van der Waals surface area contributed by atoms with E-state index in [1.54, 1.807) is 6.20 Å². The standard InChI is InChI=1S/C16H18N4O/c1-9-3-4-18-13(5-9)20-12-8-16(2)7-10(16)6-11(12)14(19-20)15(17)21/h3-5,10H,6-8H2,1-2H3,(H2,17,21). The second kappa shape index (κ2) is 3.93. The third kappa shape index (κ3) is 1.80. The van der Waals surface area contributed by atoms with E-state index in [2.05, 4.69) is 17.0 Å². The molecular weight excluding hydrogens is 264 g/mol. The van der Waals surface area contributed by atoms with Crippen LogP contribution >= 0.6 is 0 Å². The number of hydrogen-bond acceptors (Lipinski definition) is 3. The van der Waals surface area contributed by atoms with Crippen molar-refractivity contribution in [3.8, 4) is 5.82 Å². The Labute approximate surface area is 123 Å². The van der Waals surface area contributed by atoms with E-state index in [1.807, 2.05) is 23.7 Å². The molecule has 0 aromatic carbocycles. The molecule has 2 aliphatic carbocycles. The molecule has 2 unspecified atom stereocenters. The van der Waals surface area contributed by atoms with E-state index < -0.39 is 5.91 Å². The third-order valence-corrected chi connectivity index (χ3v) is 5.00. The van der Waals surface area contributed by atoms with Crippen LogP contribution in [-0.2, 0) is 12.8 Å². The van der Waals surface area contributed by atoms with Crippen molar-refractivity contribution in [2.24, 2.45) is 17.1 Å². The summed E-state index contributed by atoms with van der Waals surface area (Å²) in [5.74, 6) is 0.995. The lowest BCUT2D eigenvalue weighted by molar-refractivity contribution is 0.0994. The van der Waals surface area contributed by atoms with Crippen molar-refractivity contribution in [3.05, 3.63) is 40.8 Å². The molecule has 2 aromatic heterocycles. The second-order valence-corrected chi connectivity index (χ2v) is 6.68. The van der Waals surface area contributed by atoms with Gasteiger partial charge >= 0.3 is 0 Å². The van der Waals surface area contributed by atoms with Crippen LogP contribution in [0.15, 0.2) is 18.3 Å². The maximum atomic E-state index is 11.7. The molecule has 5 heteroatoms. The van der Waals surface area contributed by atoms with Gasteiger partial charge in [-0.1, -0.05) is 6.92 Å². The quantitative estimate of drug-likeness (QED) is 0.912. The molecule has 2 atom stereocenters. The molecule has 2 N–H and O–H groups in total. The molecule has 1 saturated carbocycles. The summed E-state index contributed by atoms with van der Waals surface area (Å²) in [7, 11) is 0. The minimum Gasteiger partial charge on any atom is -0.364 e. The Bertz CT molecular complexity index is 764. The van der Waals surface area contributed by atoms with E-state index in [0.29, 0.717) is 17.0 Å². The fourth-order valence-corrected chi connectivity index (χ4v) is 3.57. The molecule has 2 heterocycles. The van der Waals surface area contributed by atoms with Crippen molar-refractivity contribution in [1.82, 2.24) is 14.8 Å². The Kier molecular flexibility index (Phi) is 2.35. The first-order chi connectivity index (χ1) is 9.98. The van der Waals surface area contributed by atoms with Crippen LogP contribution in [-0.4, -0.2) is 20.7 Å². The van der Waals surface area contributed by atoms with Crippen LogP contribution < -0.4 is 5.73 Å². The summed E-state index contributed by atoms with van der Waals surface area (Å²) in [6.07, 6.45) is 4.85. The molecule has 1 fully saturated rings. The van der Waals surface area contributed by atoms with Crippen molar-refractivity contribution in [1.29, 1.82) is 0 Å². The molecular formula is C16H18N4O. The molecule has 2 aromatic rings. The Hall–Kier alpha value is -2.17. The number of rotatable bonds is 2. The number of carbonyl (C=O) groups excluding carboxylic acids is 1. The van der Waals surface area contributed by atoms with Crippen molar-refractivity contribution in [2.45, 2.75) is 33.1 Å². The summed E-state index contributed by atoms with van der Waals surface area (Å²) < 4.78 is 1.82. The lowest BCUT2D eigenvalue weighted by atomic mass is 9.87. The average molecular weight is 282 g/mol. The Balaban J connectivity index is 1.90. The molecule has 0 bridgehead atoms. The maximum Gasteiger partial charge on any atom is 0.269 e. The molecule has 5 nitrogen and oxygen atoms in total. The zero-order valence-electron chi connectivity index (χ0n) is 12.3. The topological polar surface area (TPSA) is 73.8 Å². The highest BCUT2D eigenvalue weighted by molar-refractivity contribution is 5.92. The average Bonchev–Trinajstić information content (AvgIpc) is 2.94. The molecule has 21 heavy (non-hydrogen) atoms. The number of nitrogens with two attached hydrogens (primary N) is 1. The second-order valence-electron chi connectivity index (χ2n) is 6.68. The van der Waals surface area contributed by atoms with Crippen LogP contribution in [0, 0.1) is 18.3 Å². The fraction of sp³-hybridized carbons (Fsp3) is 0.438. The smallest absolute Gasteiger partial charge is 0.269 e. The van der Waals surface area contributed by atoms with Gasteiger partial charge in [0.1, 0.15) is 0 Å². The molecule has 1 amide bonds. The lowest BCUT2D eigenvalue weighted by Crippen LogP contribution is -2.18. The monoisotopic (exact) mass is 282 g/mol. The van der Waals surface area contributed by atoms with Crippen LogP contribution in [0.5, 0.6) is 0 Å². The Morgan fingerprint density at radius 3 is 3.05 bits per heavy atom. The molecule has 0 spiro atoms. The predicted octanol–water partition coefficient (Wildman–Crippen LogP) is 1.80. The van der Waals surface area contributed by atoms with Crippen LogP contribution in [0.3, 0.4) is 0 Å². The van der Waals surface area contributed by atoms with Gasteiger partial charge in [0.15, 0.2) is 11.5 Å².